The van der Waals surface area contributed by atoms with Crippen molar-refractivity contribution in [2.45, 2.75) is 38.8 Å². The molecule has 7 heteroatoms. The van der Waals surface area contributed by atoms with E-state index in [-0.39, 0.29) is 24.7 Å². The van der Waals surface area contributed by atoms with Crippen LogP contribution in [0.25, 0.3) is 5.65 Å². The van der Waals surface area contributed by atoms with Crippen LogP contribution in [0.1, 0.15) is 26.7 Å². The third kappa shape index (κ3) is 3.69. The van der Waals surface area contributed by atoms with Gasteiger partial charge in [-0.15, -0.1) is 5.10 Å². The molecule has 1 amide bonds. The van der Waals surface area contributed by atoms with Crippen LogP contribution in [-0.4, -0.2) is 37.3 Å². The molecule has 0 saturated heterocycles. The van der Waals surface area contributed by atoms with Gasteiger partial charge in [0.25, 0.3) is 0 Å². The summed E-state index contributed by atoms with van der Waals surface area (Å²) in [6.07, 6.45) is 3.03. The minimum atomic E-state index is -0.936. The summed E-state index contributed by atoms with van der Waals surface area (Å²) in [5.41, 5.74) is -0.803. The molecule has 114 valence electrons. The van der Waals surface area contributed by atoms with E-state index >= 15 is 0 Å². The first-order valence-corrected chi connectivity index (χ1v) is 6.96. The van der Waals surface area contributed by atoms with E-state index in [9.17, 15) is 14.7 Å². The van der Waals surface area contributed by atoms with Crippen LogP contribution in [0, 0.1) is 0 Å². The Hall–Kier alpha value is -2.15. The highest BCUT2D eigenvalue weighted by atomic mass is 16.3. The van der Waals surface area contributed by atoms with Gasteiger partial charge < -0.3 is 10.4 Å². The molecule has 0 aliphatic carbocycles. The largest absolute Gasteiger partial charge is 0.388 e. The number of carbonyl (C=O) groups is 1. The van der Waals surface area contributed by atoms with Crippen molar-refractivity contribution in [1.82, 2.24) is 19.5 Å². The van der Waals surface area contributed by atoms with Crippen LogP contribution < -0.4 is 11.0 Å². The summed E-state index contributed by atoms with van der Waals surface area (Å²) in [5, 5.41) is 16.7. The molecule has 21 heavy (non-hydrogen) atoms. The molecule has 2 rings (SSSR count). The molecule has 0 fully saturated rings. The summed E-state index contributed by atoms with van der Waals surface area (Å²) in [6.45, 7) is 3.63. The normalized spacial score (nSPS) is 14.0. The molecule has 0 spiro atoms. The fourth-order valence-electron chi connectivity index (χ4n) is 2.18. The highest BCUT2D eigenvalue weighted by Crippen LogP contribution is 2.09. The number of carbonyl (C=O) groups excluding carboxylic acids is 1. The monoisotopic (exact) mass is 292 g/mol. The Balaban J connectivity index is 2.02. The van der Waals surface area contributed by atoms with E-state index in [0.717, 1.165) is 11.1 Å². The van der Waals surface area contributed by atoms with Gasteiger partial charge in [0.2, 0.25) is 5.91 Å². The molecule has 0 bridgehead atoms. The van der Waals surface area contributed by atoms with Gasteiger partial charge in [0.1, 0.15) is 6.54 Å². The first-order chi connectivity index (χ1) is 9.93. The van der Waals surface area contributed by atoms with Crippen LogP contribution >= 0.6 is 0 Å². The van der Waals surface area contributed by atoms with Gasteiger partial charge in [-0.1, -0.05) is 19.4 Å². The van der Waals surface area contributed by atoms with Crippen molar-refractivity contribution in [1.29, 1.82) is 0 Å². The molecule has 1 unspecified atom stereocenters. The number of aromatic nitrogens is 3. The van der Waals surface area contributed by atoms with Crippen molar-refractivity contribution in [2.75, 3.05) is 6.54 Å². The zero-order valence-corrected chi connectivity index (χ0v) is 12.2. The van der Waals surface area contributed by atoms with Crippen LogP contribution in [0.3, 0.4) is 0 Å². The summed E-state index contributed by atoms with van der Waals surface area (Å²) in [6, 6.07) is 5.19. The highest BCUT2D eigenvalue weighted by molar-refractivity contribution is 5.75. The van der Waals surface area contributed by atoms with E-state index in [2.05, 4.69) is 10.4 Å². The Kier molecular flexibility index (Phi) is 4.42. The molecule has 0 aliphatic heterocycles. The number of hydrogen-bond acceptors (Lipinski definition) is 4. The van der Waals surface area contributed by atoms with Gasteiger partial charge >= 0.3 is 5.69 Å². The molecular weight excluding hydrogens is 272 g/mol. The Morgan fingerprint density at radius 3 is 2.90 bits per heavy atom. The standard InChI is InChI=1S/C14H20N4O3/c1-3-7-14(2,21)10-15-12(19)9-18-13(20)17-8-5-4-6-11(17)16-18/h4-6,8,21H,3,7,9-10H2,1-2H3,(H,15,19). The SMILES string of the molecule is CCCC(C)(O)CNC(=O)Cn1nc2ccccn2c1=O. The predicted octanol–water partition coefficient (Wildman–Crippen LogP) is 0.163. The minimum absolute atomic E-state index is 0.155. The summed E-state index contributed by atoms with van der Waals surface area (Å²) < 4.78 is 2.49. The Labute approximate surface area is 122 Å². The van der Waals surface area contributed by atoms with Gasteiger partial charge in [0.15, 0.2) is 5.65 Å². The molecule has 0 aromatic carbocycles. The van der Waals surface area contributed by atoms with Gasteiger partial charge in [0, 0.05) is 12.7 Å². The molecule has 2 aromatic heterocycles. The van der Waals surface area contributed by atoms with Crippen molar-refractivity contribution in [3.8, 4) is 0 Å². The van der Waals surface area contributed by atoms with Crippen LogP contribution in [0.5, 0.6) is 0 Å². The highest BCUT2D eigenvalue weighted by Gasteiger charge is 2.20. The molecular formula is C14H20N4O3. The van der Waals surface area contributed by atoms with Gasteiger partial charge in [0.05, 0.1) is 5.60 Å². The predicted molar refractivity (Wildman–Crippen MR) is 78.0 cm³/mol. The number of pyridine rings is 1. The molecule has 7 nitrogen and oxygen atoms in total. The average Bonchev–Trinajstić information content (AvgIpc) is 2.74. The van der Waals surface area contributed by atoms with E-state index in [4.69, 9.17) is 0 Å². The van der Waals surface area contributed by atoms with Crippen molar-refractivity contribution in [2.24, 2.45) is 0 Å². The van der Waals surface area contributed by atoms with Crippen molar-refractivity contribution < 1.29 is 9.90 Å². The Morgan fingerprint density at radius 1 is 1.48 bits per heavy atom. The number of rotatable bonds is 6. The second-order valence-electron chi connectivity index (χ2n) is 5.39. The third-order valence-corrected chi connectivity index (χ3v) is 3.24. The maximum atomic E-state index is 12.0. The van der Waals surface area contributed by atoms with Crippen LogP contribution in [0.4, 0.5) is 0 Å². The summed E-state index contributed by atoms with van der Waals surface area (Å²) in [5.74, 6) is -0.350. The van der Waals surface area contributed by atoms with Crippen molar-refractivity contribution in [3.63, 3.8) is 0 Å². The molecule has 0 radical (unpaired) electrons. The van der Waals surface area contributed by atoms with Gasteiger partial charge in [-0.05, 0) is 25.5 Å². The smallest absolute Gasteiger partial charge is 0.350 e. The van der Waals surface area contributed by atoms with Crippen LogP contribution in [0.2, 0.25) is 0 Å². The molecule has 2 heterocycles. The van der Waals surface area contributed by atoms with E-state index in [1.54, 1.807) is 31.3 Å². The number of fused-ring (bicyclic) bond motifs is 1. The number of nitrogens with zero attached hydrogens (tertiary/aromatic N) is 3. The molecule has 0 saturated carbocycles. The van der Waals surface area contributed by atoms with E-state index < -0.39 is 5.60 Å². The second kappa shape index (κ2) is 6.09. The Bertz CT molecular complexity index is 687. The molecule has 1 atom stereocenters. The first kappa shape index (κ1) is 15.2. The van der Waals surface area contributed by atoms with Crippen molar-refractivity contribution in [3.05, 3.63) is 34.9 Å². The number of nitrogens with one attached hydrogen (secondary N) is 1. The van der Waals surface area contributed by atoms with Crippen LogP contribution in [0.15, 0.2) is 29.2 Å². The van der Waals surface area contributed by atoms with Gasteiger partial charge in [-0.3, -0.25) is 9.20 Å². The summed E-state index contributed by atoms with van der Waals surface area (Å²) in [4.78, 5) is 23.9. The lowest BCUT2D eigenvalue weighted by atomic mass is 10.0. The molecule has 2 N–H and O–H groups in total. The lowest BCUT2D eigenvalue weighted by molar-refractivity contribution is -0.123. The number of amides is 1. The fourth-order valence-corrected chi connectivity index (χ4v) is 2.18. The number of aliphatic hydroxyl groups is 1. The molecule has 2 aromatic rings. The van der Waals surface area contributed by atoms with Crippen LogP contribution in [-0.2, 0) is 11.3 Å². The first-order valence-electron chi connectivity index (χ1n) is 6.96. The maximum Gasteiger partial charge on any atom is 0.350 e. The zero-order chi connectivity index (χ0) is 15.5. The fraction of sp³-hybridized carbons (Fsp3) is 0.500. The summed E-state index contributed by atoms with van der Waals surface area (Å²) in [7, 11) is 0. The Morgan fingerprint density at radius 2 is 2.24 bits per heavy atom. The van der Waals surface area contributed by atoms with Gasteiger partial charge in [-0.2, -0.15) is 0 Å². The van der Waals surface area contributed by atoms with E-state index in [1.807, 2.05) is 6.92 Å². The average molecular weight is 292 g/mol. The number of hydrogen-bond donors (Lipinski definition) is 2. The van der Waals surface area contributed by atoms with Gasteiger partial charge in [-0.25, -0.2) is 9.48 Å². The van der Waals surface area contributed by atoms with Crippen molar-refractivity contribution >= 4 is 11.6 Å². The maximum absolute atomic E-state index is 12.0. The minimum Gasteiger partial charge on any atom is -0.388 e. The topological polar surface area (TPSA) is 88.6 Å². The zero-order valence-electron chi connectivity index (χ0n) is 12.2. The summed E-state index contributed by atoms with van der Waals surface area (Å²) >= 11 is 0. The quantitative estimate of drug-likeness (QED) is 0.794. The molecule has 0 aliphatic rings. The van der Waals surface area contributed by atoms with E-state index in [0.29, 0.717) is 12.1 Å². The third-order valence-electron chi connectivity index (χ3n) is 3.24. The van der Waals surface area contributed by atoms with E-state index in [1.165, 1.54) is 4.40 Å². The lowest BCUT2D eigenvalue weighted by Crippen LogP contribution is -2.42. The second-order valence-corrected chi connectivity index (χ2v) is 5.39. The lowest BCUT2D eigenvalue weighted by Gasteiger charge is -2.22.